The first-order valence-corrected chi connectivity index (χ1v) is 6.60. The van der Waals surface area contributed by atoms with Crippen molar-refractivity contribution in [2.45, 2.75) is 12.1 Å². The maximum absolute atomic E-state index is 11.3. The first-order chi connectivity index (χ1) is 8.69. The third-order valence-electron chi connectivity index (χ3n) is 3.07. The van der Waals surface area contributed by atoms with E-state index in [9.17, 15) is 9.90 Å². The van der Waals surface area contributed by atoms with Gasteiger partial charge in [-0.15, -0.1) is 11.3 Å². The summed E-state index contributed by atoms with van der Waals surface area (Å²) in [5.74, 6) is -0.855. The number of carboxylic acids is 1. The molecule has 2 atom stereocenters. The average molecular weight is 264 g/mol. The molecule has 2 rings (SSSR count). The van der Waals surface area contributed by atoms with Crippen molar-refractivity contribution in [3.8, 4) is 0 Å². The zero-order valence-electron chi connectivity index (χ0n) is 10.3. The molecule has 2 unspecified atom stereocenters. The van der Waals surface area contributed by atoms with Crippen LogP contribution < -0.4 is 10.6 Å². The van der Waals surface area contributed by atoms with Crippen LogP contribution in [-0.2, 0) is 4.79 Å². The first-order valence-electron chi connectivity index (χ1n) is 5.72. The van der Waals surface area contributed by atoms with E-state index in [1.807, 2.05) is 29.6 Å². The molecule has 1 aromatic heterocycles. The molecule has 0 spiro atoms. The molecule has 1 heterocycles. The molecule has 0 amide bonds. The molecule has 2 aromatic rings. The van der Waals surface area contributed by atoms with Crippen molar-refractivity contribution in [1.82, 2.24) is 10.6 Å². The van der Waals surface area contributed by atoms with Crippen LogP contribution in [0.1, 0.15) is 11.6 Å². The van der Waals surface area contributed by atoms with Crippen LogP contribution >= 0.6 is 11.3 Å². The van der Waals surface area contributed by atoms with E-state index in [0.29, 0.717) is 0 Å². The Labute approximate surface area is 110 Å². The maximum Gasteiger partial charge on any atom is 0.322 e. The highest BCUT2D eigenvalue weighted by Gasteiger charge is 2.28. The van der Waals surface area contributed by atoms with E-state index in [0.717, 1.165) is 10.9 Å². The largest absolute Gasteiger partial charge is 0.480 e. The minimum atomic E-state index is -0.855. The number of hydrogen-bond donors (Lipinski definition) is 3. The fraction of sp³-hybridized carbons (Fsp3) is 0.308. The summed E-state index contributed by atoms with van der Waals surface area (Å²) in [4.78, 5) is 11.3. The van der Waals surface area contributed by atoms with Crippen LogP contribution in [0.2, 0.25) is 0 Å². The van der Waals surface area contributed by atoms with E-state index < -0.39 is 12.0 Å². The van der Waals surface area contributed by atoms with Gasteiger partial charge in [0.1, 0.15) is 6.04 Å². The summed E-state index contributed by atoms with van der Waals surface area (Å²) < 4.78 is 1.17. The van der Waals surface area contributed by atoms with Crippen LogP contribution in [0.25, 0.3) is 10.1 Å². The Morgan fingerprint density at radius 1 is 1.28 bits per heavy atom. The Kier molecular flexibility index (Phi) is 3.96. The lowest BCUT2D eigenvalue weighted by atomic mass is 9.99. The standard InChI is InChI=1S/C13H16N2O2S/c1-14-11(12(15-2)13(16)17)9-7-18-10-6-4-3-5-8(9)10/h3-7,11-12,14-15H,1-2H3,(H,16,17). The van der Waals surface area contributed by atoms with Gasteiger partial charge in [0.2, 0.25) is 0 Å². The predicted octanol–water partition coefficient (Wildman–Crippen LogP) is 1.83. The van der Waals surface area contributed by atoms with Crippen molar-refractivity contribution in [3.63, 3.8) is 0 Å². The zero-order chi connectivity index (χ0) is 13.1. The number of carbonyl (C=O) groups is 1. The molecule has 0 aliphatic carbocycles. The Morgan fingerprint density at radius 3 is 2.61 bits per heavy atom. The predicted molar refractivity (Wildman–Crippen MR) is 74.1 cm³/mol. The lowest BCUT2D eigenvalue weighted by Gasteiger charge is -2.23. The topological polar surface area (TPSA) is 61.4 Å². The van der Waals surface area contributed by atoms with Crippen LogP contribution in [0.5, 0.6) is 0 Å². The Morgan fingerprint density at radius 2 is 2.00 bits per heavy atom. The minimum absolute atomic E-state index is 0.247. The van der Waals surface area contributed by atoms with Gasteiger partial charge < -0.3 is 15.7 Å². The van der Waals surface area contributed by atoms with Crippen molar-refractivity contribution in [2.75, 3.05) is 14.1 Å². The second kappa shape index (κ2) is 5.48. The molecule has 18 heavy (non-hydrogen) atoms. The van der Waals surface area contributed by atoms with Gasteiger partial charge in [0.05, 0.1) is 6.04 Å². The van der Waals surface area contributed by atoms with E-state index in [1.54, 1.807) is 25.4 Å². The minimum Gasteiger partial charge on any atom is -0.480 e. The second-order valence-electron chi connectivity index (χ2n) is 4.06. The molecule has 0 saturated heterocycles. The molecule has 1 aromatic carbocycles. The summed E-state index contributed by atoms with van der Waals surface area (Å²) in [7, 11) is 3.45. The van der Waals surface area contributed by atoms with Gasteiger partial charge in [0.15, 0.2) is 0 Å². The van der Waals surface area contributed by atoms with E-state index in [4.69, 9.17) is 0 Å². The Balaban J connectivity index is 2.47. The normalized spacial score (nSPS) is 14.6. The SMILES string of the molecule is CNC(C(=O)O)C(NC)c1csc2ccccc12. The maximum atomic E-state index is 11.3. The van der Waals surface area contributed by atoms with Crippen LogP contribution in [0.3, 0.4) is 0 Å². The average Bonchev–Trinajstić information content (AvgIpc) is 2.79. The van der Waals surface area contributed by atoms with Crippen LogP contribution in [0, 0.1) is 0 Å². The number of fused-ring (bicyclic) bond motifs is 1. The summed E-state index contributed by atoms with van der Waals surface area (Å²) in [5.41, 5.74) is 1.03. The van der Waals surface area contributed by atoms with Gasteiger partial charge in [-0.05, 0) is 36.5 Å². The zero-order valence-corrected chi connectivity index (χ0v) is 11.1. The van der Waals surface area contributed by atoms with Gasteiger partial charge in [0.25, 0.3) is 0 Å². The molecule has 0 bridgehead atoms. The number of benzene rings is 1. The smallest absolute Gasteiger partial charge is 0.322 e. The fourth-order valence-electron chi connectivity index (χ4n) is 2.17. The van der Waals surface area contributed by atoms with Crippen molar-refractivity contribution >= 4 is 27.4 Å². The Hall–Kier alpha value is -1.43. The van der Waals surface area contributed by atoms with E-state index in [1.165, 1.54) is 4.70 Å². The molecule has 0 radical (unpaired) electrons. The van der Waals surface area contributed by atoms with Crippen molar-refractivity contribution in [2.24, 2.45) is 0 Å². The lowest BCUT2D eigenvalue weighted by Crippen LogP contribution is -2.44. The van der Waals surface area contributed by atoms with Crippen molar-refractivity contribution < 1.29 is 9.90 Å². The number of rotatable bonds is 5. The number of thiophene rings is 1. The highest BCUT2D eigenvalue weighted by Crippen LogP contribution is 2.31. The monoisotopic (exact) mass is 264 g/mol. The summed E-state index contributed by atoms with van der Waals surface area (Å²) in [6.45, 7) is 0. The van der Waals surface area contributed by atoms with Gasteiger partial charge in [0, 0.05) is 4.70 Å². The van der Waals surface area contributed by atoms with Crippen molar-refractivity contribution in [1.29, 1.82) is 0 Å². The third kappa shape index (κ3) is 2.25. The fourth-order valence-corrected chi connectivity index (χ4v) is 3.17. The summed E-state index contributed by atoms with van der Waals surface area (Å²) in [5, 5.41) is 18.3. The quantitative estimate of drug-likeness (QED) is 0.771. The van der Waals surface area contributed by atoms with Gasteiger partial charge in [-0.1, -0.05) is 18.2 Å². The first kappa shape index (κ1) is 13.0. The number of hydrogen-bond acceptors (Lipinski definition) is 4. The van der Waals surface area contributed by atoms with Crippen molar-refractivity contribution in [3.05, 3.63) is 35.2 Å². The molecular weight excluding hydrogens is 248 g/mol. The number of nitrogens with one attached hydrogen (secondary N) is 2. The highest BCUT2D eigenvalue weighted by molar-refractivity contribution is 7.17. The Bertz CT molecular complexity index is 553. The van der Waals surface area contributed by atoms with Crippen LogP contribution in [0.4, 0.5) is 0 Å². The molecule has 5 heteroatoms. The lowest BCUT2D eigenvalue weighted by molar-refractivity contribution is -0.140. The molecule has 0 saturated carbocycles. The van der Waals surface area contributed by atoms with E-state index in [2.05, 4.69) is 10.6 Å². The molecular formula is C13H16N2O2S. The molecule has 0 fully saturated rings. The molecule has 96 valence electrons. The second-order valence-corrected chi connectivity index (χ2v) is 4.97. The van der Waals surface area contributed by atoms with E-state index in [-0.39, 0.29) is 6.04 Å². The summed E-state index contributed by atoms with van der Waals surface area (Å²) in [6, 6.07) is 7.15. The van der Waals surface area contributed by atoms with Gasteiger partial charge >= 0.3 is 5.97 Å². The molecule has 3 N–H and O–H groups in total. The van der Waals surface area contributed by atoms with Gasteiger partial charge in [-0.2, -0.15) is 0 Å². The third-order valence-corrected chi connectivity index (χ3v) is 4.05. The van der Waals surface area contributed by atoms with Crippen LogP contribution in [-0.4, -0.2) is 31.2 Å². The summed E-state index contributed by atoms with van der Waals surface area (Å²) in [6.07, 6.45) is 0. The number of aliphatic carboxylic acids is 1. The van der Waals surface area contributed by atoms with Gasteiger partial charge in [-0.3, -0.25) is 4.79 Å². The van der Waals surface area contributed by atoms with Crippen LogP contribution in [0.15, 0.2) is 29.6 Å². The van der Waals surface area contributed by atoms with E-state index >= 15 is 0 Å². The number of likely N-dealkylation sites (N-methyl/N-ethyl adjacent to an activating group) is 2. The highest BCUT2D eigenvalue weighted by atomic mass is 32.1. The molecule has 0 aliphatic rings. The molecule has 4 nitrogen and oxygen atoms in total. The summed E-state index contributed by atoms with van der Waals surface area (Å²) >= 11 is 1.64. The van der Waals surface area contributed by atoms with Gasteiger partial charge in [-0.25, -0.2) is 0 Å². The number of carboxylic acid groups (broad SMARTS) is 1. The molecule has 0 aliphatic heterocycles.